The Bertz CT molecular complexity index is 622. The summed E-state index contributed by atoms with van der Waals surface area (Å²) in [5.41, 5.74) is 1.69. The summed E-state index contributed by atoms with van der Waals surface area (Å²) in [6.07, 6.45) is 0.804. The highest BCUT2D eigenvalue weighted by atomic mass is 16.5. The van der Waals surface area contributed by atoms with Gasteiger partial charge in [-0.05, 0) is 12.0 Å². The van der Waals surface area contributed by atoms with E-state index in [0.717, 1.165) is 12.0 Å². The molecule has 5 nitrogen and oxygen atoms in total. The van der Waals surface area contributed by atoms with Gasteiger partial charge in [-0.2, -0.15) is 0 Å². The molecule has 122 valence electrons. The molecule has 0 aliphatic heterocycles. The lowest BCUT2D eigenvalue weighted by atomic mass is 10.1. The summed E-state index contributed by atoms with van der Waals surface area (Å²) < 4.78 is 10.4. The van der Waals surface area contributed by atoms with Crippen molar-refractivity contribution in [3.63, 3.8) is 0 Å². The molecule has 23 heavy (non-hydrogen) atoms. The van der Waals surface area contributed by atoms with Crippen LogP contribution in [0.1, 0.15) is 24.9 Å². The maximum atomic E-state index is 12.3. The third kappa shape index (κ3) is 4.64. The molecular weight excluding hydrogens is 292 g/mol. The van der Waals surface area contributed by atoms with E-state index in [9.17, 15) is 4.79 Å². The lowest BCUT2D eigenvalue weighted by Gasteiger charge is -2.18. The zero-order valence-electron chi connectivity index (χ0n) is 13.6. The van der Waals surface area contributed by atoms with Gasteiger partial charge in [-0.1, -0.05) is 37.3 Å². The van der Waals surface area contributed by atoms with Crippen molar-refractivity contribution in [1.29, 1.82) is 0 Å². The fourth-order valence-corrected chi connectivity index (χ4v) is 2.31. The molecule has 0 heterocycles. The highest BCUT2D eigenvalue weighted by molar-refractivity contribution is 5.90. The smallest absolute Gasteiger partial charge is 0.319 e. The second kappa shape index (κ2) is 8.08. The number of anilines is 1. The van der Waals surface area contributed by atoms with Gasteiger partial charge in [-0.3, -0.25) is 0 Å². The van der Waals surface area contributed by atoms with Crippen LogP contribution in [0.3, 0.4) is 0 Å². The normalized spacial score (nSPS) is 11.4. The summed E-state index contributed by atoms with van der Waals surface area (Å²) in [5.74, 6) is 1.24. The minimum atomic E-state index is -0.268. The molecule has 2 amide bonds. The number of hydrogen-bond donors (Lipinski definition) is 2. The number of benzene rings is 2. The van der Waals surface area contributed by atoms with Gasteiger partial charge in [0.25, 0.3) is 0 Å². The Morgan fingerprint density at radius 3 is 2.17 bits per heavy atom. The van der Waals surface area contributed by atoms with Crippen molar-refractivity contribution in [2.24, 2.45) is 0 Å². The number of rotatable bonds is 6. The maximum Gasteiger partial charge on any atom is 0.319 e. The largest absolute Gasteiger partial charge is 0.497 e. The SMILES string of the molecule is CCC(NC(=O)Nc1cc(OC)cc(OC)c1)c1ccccc1. The maximum absolute atomic E-state index is 12.3. The van der Waals surface area contributed by atoms with Crippen LogP contribution in [-0.2, 0) is 0 Å². The number of ether oxygens (including phenoxy) is 2. The van der Waals surface area contributed by atoms with E-state index >= 15 is 0 Å². The van der Waals surface area contributed by atoms with Crippen molar-refractivity contribution in [3.8, 4) is 11.5 Å². The Hall–Kier alpha value is -2.69. The second-order valence-corrected chi connectivity index (χ2v) is 5.07. The van der Waals surface area contributed by atoms with E-state index in [2.05, 4.69) is 10.6 Å². The molecule has 1 atom stereocenters. The standard InChI is InChI=1S/C18H22N2O3/c1-4-17(13-8-6-5-7-9-13)20-18(21)19-14-10-15(22-2)12-16(11-14)23-3/h5-12,17H,4H2,1-3H3,(H2,19,20,21). The summed E-state index contributed by atoms with van der Waals surface area (Å²) >= 11 is 0. The third-order valence-electron chi connectivity index (χ3n) is 3.52. The van der Waals surface area contributed by atoms with Gasteiger partial charge in [0, 0.05) is 23.9 Å². The molecule has 0 aromatic heterocycles. The highest BCUT2D eigenvalue weighted by Crippen LogP contribution is 2.26. The van der Waals surface area contributed by atoms with E-state index in [-0.39, 0.29) is 12.1 Å². The van der Waals surface area contributed by atoms with Crippen LogP contribution < -0.4 is 20.1 Å². The number of amides is 2. The second-order valence-electron chi connectivity index (χ2n) is 5.07. The van der Waals surface area contributed by atoms with Crippen molar-refractivity contribution in [3.05, 3.63) is 54.1 Å². The molecule has 2 aromatic carbocycles. The molecule has 5 heteroatoms. The molecule has 0 aliphatic rings. The summed E-state index contributed by atoms with van der Waals surface area (Å²) in [6.45, 7) is 2.03. The van der Waals surface area contributed by atoms with Crippen molar-refractivity contribution in [1.82, 2.24) is 5.32 Å². The Labute approximate surface area is 136 Å². The van der Waals surface area contributed by atoms with Crippen molar-refractivity contribution >= 4 is 11.7 Å². The van der Waals surface area contributed by atoms with E-state index < -0.39 is 0 Å². The zero-order chi connectivity index (χ0) is 16.7. The third-order valence-corrected chi connectivity index (χ3v) is 3.52. The predicted octanol–water partition coefficient (Wildman–Crippen LogP) is 3.98. The van der Waals surface area contributed by atoms with Gasteiger partial charge in [-0.15, -0.1) is 0 Å². The number of carbonyl (C=O) groups is 1. The molecule has 0 saturated heterocycles. The molecule has 0 aliphatic carbocycles. The van der Waals surface area contributed by atoms with Gasteiger partial charge in [0.15, 0.2) is 0 Å². The summed E-state index contributed by atoms with van der Waals surface area (Å²) in [7, 11) is 3.14. The molecule has 0 bridgehead atoms. The molecule has 0 spiro atoms. The molecule has 2 rings (SSSR count). The fourth-order valence-electron chi connectivity index (χ4n) is 2.31. The average Bonchev–Trinajstić information content (AvgIpc) is 2.59. The highest BCUT2D eigenvalue weighted by Gasteiger charge is 2.13. The van der Waals surface area contributed by atoms with E-state index in [1.807, 2.05) is 37.3 Å². The monoisotopic (exact) mass is 314 g/mol. The van der Waals surface area contributed by atoms with Crippen LogP contribution in [0.15, 0.2) is 48.5 Å². The first kappa shape index (κ1) is 16.7. The van der Waals surface area contributed by atoms with Gasteiger partial charge in [0.1, 0.15) is 11.5 Å². The van der Waals surface area contributed by atoms with Crippen LogP contribution in [0.2, 0.25) is 0 Å². The molecule has 0 saturated carbocycles. The van der Waals surface area contributed by atoms with Crippen LogP contribution in [-0.4, -0.2) is 20.3 Å². The van der Waals surface area contributed by atoms with Gasteiger partial charge in [0.2, 0.25) is 0 Å². The lowest BCUT2D eigenvalue weighted by Crippen LogP contribution is -2.32. The minimum absolute atomic E-state index is 0.0382. The van der Waals surface area contributed by atoms with Gasteiger partial charge < -0.3 is 20.1 Å². The topological polar surface area (TPSA) is 59.6 Å². The van der Waals surface area contributed by atoms with Crippen molar-refractivity contribution in [2.75, 3.05) is 19.5 Å². The van der Waals surface area contributed by atoms with Crippen LogP contribution >= 0.6 is 0 Å². The number of urea groups is 1. The average molecular weight is 314 g/mol. The fraction of sp³-hybridized carbons (Fsp3) is 0.278. The quantitative estimate of drug-likeness (QED) is 0.848. The predicted molar refractivity (Wildman–Crippen MR) is 91.2 cm³/mol. The Kier molecular flexibility index (Phi) is 5.86. The first-order valence-corrected chi connectivity index (χ1v) is 7.51. The van der Waals surface area contributed by atoms with Crippen molar-refractivity contribution < 1.29 is 14.3 Å². The van der Waals surface area contributed by atoms with Crippen LogP contribution in [0.4, 0.5) is 10.5 Å². The van der Waals surface area contributed by atoms with Crippen LogP contribution in [0.25, 0.3) is 0 Å². The number of methoxy groups -OCH3 is 2. The molecule has 2 aromatic rings. The van der Waals surface area contributed by atoms with Crippen LogP contribution in [0, 0.1) is 0 Å². The van der Waals surface area contributed by atoms with Crippen molar-refractivity contribution in [2.45, 2.75) is 19.4 Å². The molecule has 0 fully saturated rings. The first-order valence-electron chi connectivity index (χ1n) is 7.51. The lowest BCUT2D eigenvalue weighted by molar-refractivity contribution is 0.248. The first-order chi connectivity index (χ1) is 11.2. The summed E-state index contributed by atoms with van der Waals surface area (Å²) in [6, 6.07) is 14.8. The van der Waals surface area contributed by atoms with Gasteiger partial charge in [0.05, 0.1) is 20.3 Å². The van der Waals surface area contributed by atoms with E-state index in [0.29, 0.717) is 17.2 Å². The number of carbonyl (C=O) groups excluding carboxylic acids is 1. The Balaban J connectivity index is 2.06. The summed E-state index contributed by atoms with van der Waals surface area (Å²) in [5, 5.41) is 5.79. The molecule has 1 unspecified atom stereocenters. The number of hydrogen-bond acceptors (Lipinski definition) is 3. The molecule has 0 radical (unpaired) electrons. The zero-order valence-corrected chi connectivity index (χ0v) is 13.6. The molecular formula is C18H22N2O3. The van der Waals surface area contributed by atoms with Gasteiger partial charge in [-0.25, -0.2) is 4.79 Å². The van der Waals surface area contributed by atoms with Gasteiger partial charge >= 0.3 is 6.03 Å². The van der Waals surface area contributed by atoms with E-state index in [1.54, 1.807) is 32.4 Å². The van der Waals surface area contributed by atoms with E-state index in [1.165, 1.54) is 0 Å². The Morgan fingerprint density at radius 1 is 1.04 bits per heavy atom. The van der Waals surface area contributed by atoms with E-state index in [4.69, 9.17) is 9.47 Å². The number of nitrogens with one attached hydrogen (secondary N) is 2. The Morgan fingerprint density at radius 2 is 1.65 bits per heavy atom. The van der Waals surface area contributed by atoms with Crippen LogP contribution in [0.5, 0.6) is 11.5 Å². The minimum Gasteiger partial charge on any atom is -0.497 e. The summed E-state index contributed by atoms with van der Waals surface area (Å²) in [4.78, 5) is 12.3. The molecule has 2 N–H and O–H groups in total.